The SMILES string of the molecule is CC(C)OC(=O)c1ccc(Oc2cccnc2)c(NS(C)(=O)=O)c1. The van der Waals surface area contributed by atoms with Crippen LogP contribution in [0.1, 0.15) is 24.2 Å². The number of hydrogen-bond acceptors (Lipinski definition) is 6. The van der Waals surface area contributed by atoms with Crippen molar-refractivity contribution in [2.45, 2.75) is 20.0 Å². The maximum absolute atomic E-state index is 12.0. The number of sulfonamides is 1. The average Bonchev–Trinajstić information content (AvgIpc) is 2.48. The molecule has 1 aromatic carbocycles. The standard InChI is InChI=1S/C16H18N2O5S/c1-11(2)22-16(19)12-6-7-15(14(9-12)18-24(3,20)21)23-13-5-4-8-17-10-13/h4-11,18H,1-3H3. The van der Waals surface area contributed by atoms with Crippen LogP contribution in [-0.4, -0.2) is 31.7 Å². The Bertz CT molecular complexity index is 820. The van der Waals surface area contributed by atoms with E-state index in [4.69, 9.17) is 9.47 Å². The predicted octanol–water partition coefficient (Wildman–Crippen LogP) is 2.81. The highest BCUT2D eigenvalue weighted by molar-refractivity contribution is 7.92. The molecular formula is C16H18N2O5S. The molecule has 24 heavy (non-hydrogen) atoms. The van der Waals surface area contributed by atoms with Crippen LogP contribution in [0.2, 0.25) is 0 Å². The molecule has 0 radical (unpaired) electrons. The molecule has 2 rings (SSSR count). The Morgan fingerprint density at radius 1 is 1.25 bits per heavy atom. The predicted molar refractivity (Wildman–Crippen MR) is 89.8 cm³/mol. The normalized spacial score (nSPS) is 11.2. The van der Waals surface area contributed by atoms with Crippen LogP contribution in [0.25, 0.3) is 0 Å². The second-order valence-corrected chi connectivity index (χ2v) is 7.08. The average molecular weight is 350 g/mol. The van der Waals surface area contributed by atoms with E-state index in [-0.39, 0.29) is 23.1 Å². The van der Waals surface area contributed by atoms with E-state index in [0.717, 1.165) is 6.26 Å². The van der Waals surface area contributed by atoms with Crippen molar-refractivity contribution in [1.29, 1.82) is 0 Å². The van der Waals surface area contributed by atoms with Gasteiger partial charge in [-0.25, -0.2) is 13.2 Å². The van der Waals surface area contributed by atoms with Gasteiger partial charge >= 0.3 is 5.97 Å². The van der Waals surface area contributed by atoms with Crippen LogP contribution in [-0.2, 0) is 14.8 Å². The number of nitrogens with zero attached hydrogens (tertiary/aromatic N) is 1. The third-order valence-corrected chi connectivity index (χ3v) is 3.31. The first-order valence-electron chi connectivity index (χ1n) is 7.15. The molecule has 7 nitrogen and oxygen atoms in total. The molecule has 0 atom stereocenters. The van der Waals surface area contributed by atoms with Crippen LogP contribution in [0.15, 0.2) is 42.7 Å². The number of aromatic nitrogens is 1. The molecule has 1 heterocycles. The molecule has 1 N–H and O–H groups in total. The largest absolute Gasteiger partial charge is 0.459 e. The number of ether oxygens (including phenoxy) is 2. The molecule has 0 aliphatic carbocycles. The molecule has 0 fully saturated rings. The van der Waals surface area contributed by atoms with Crippen molar-refractivity contribution in [1.82, 2.24) is 4.98 Å². The quantitative estimate of drug-likeness (QED) is 0.805. The summed E-state index contributed by atoms with van der Waals surface area (Å²) in [6.07, 6.45) is 3.81. The van der Waals surface area contributed by atoms with E-state index in [0.29, 0.717) is 5.75 Å². The Balaban J connectivity index is 2.37. The van der Waals surface area contributed by atoms with Crippen LogP contribution in [0, 0.1) is 0 Å². The van der Waals surface area contributed by atoms with Crippen LogP contribution in [0.4, 0.5) is 5.69 Å². The molecule has 0 saturated heterocycles. The van der Waals surface area contributed by atoms with Gasteiger partial charge < -0.3 is 9.47 Å². The maximum atomic E-state index is 12.0. The highest BCUT2D eigenvalue weighted by Gasteiger charge is 2.16. The number of benzene rings is 1. The highest BCUT2D eigenvalue weighted by atomic mass is 32.2. The lowest BCUT2D eigenvalue weighted by Gasteiger charge is -2.14. The van der Waals surface area contributed by atoms with Gasteiger partial charge in [0.15, 0.2) is 5.75 Å². The number of hydrogen-bond donors (Lipinski definition) is 1. The van der Waals surface area contributed by atoms with E-state index in [1.807, 2.05) is 0 Å². The van der Waals surface area contributed by atoms with E-state index in [2.05, 4.69) is 9.71 Å². The van der Waals surface area contributed by atoms with E-state index in [9.17, 15) is 13.2 Å². The fraction of sp³-hybridized carbons (Fsp3) is 0.250. The summed E-state index contributed by atoms with van der Waals surface area (Å²) in [7, 11) is -3.56. The smallest absolute Gasteiger partial charge is 0.338 e. The minimum atomic E-state index is -3.56. The van der Waals surface area contributed by atoms with Gasteiger partial charge in [0.1, 0.15) is 5.75 Å². The minimum absolute atomic E-state index is 0.138. The van der Waals surface area contributed by atoms with Gasteiger partial charge in [0, 0.05) is 6.20 Å². The Morgan fingerprint density at radius 3 is 2.58 bits per heavy atom. The Morgan fingerprint density at radius 2 is 2.00 bits per heavy atom. The van der Waals surface area contributed by atoms with Crippen LogP contribution < -0.4 is 9.46 Å². The lowest BCUT2D eigenvalue weighted by molar-refractivity contribution is 0.0378. The first-order chi connectivity index (χ1) is 11.2. The lowest BCUT2D eigenvalue weighted by Crippen LogP contribution is -2.14. The van der Waals surface area contributed by atoms with Gasteiger partial charge in [-0.15, -0.1) is 0 Å². The summed E-state index contributed by atoms with van der Waals surface area (Å²) < 4.78 is 36.2. The second kappa shape index (κ2) is 7.31. The fourth-order valence-corrected chi connectivity index (χ4v) is 2.40. The maximum Gasteiger partial charge on any atom is 0.338 e. The van der Waals surface area contributed by atoms with Crippen molar-refractivity contribution < 1.29 is 22.7 Å². The summed E-state index contributed by atoms with van der Waals surface area (Å²) in [4.78, 5) is 15.9. The number of nitrogens with one attached hydrogen (secondary N) is 1. The molecular weight excluding hydrogens is 332 g/mol. The third-order valence-electron chi connectivity index (χ3n) is 2.72. The number of carbonyl (C=O) groups is 1. The van der Waals surface area contributed by atoms with Crippen molar-refractivity contribution in [3.8, 4) is 11.5 Å². The van der Waals surface area contributed by atoms with E-state index in [1.165, 1.54) is 24.4 Å². The number of pyridine rings is 1. The zero-order valence-corrected chi connectivity index (χ0v) is 14.3. The zero-order chi connectivity index (χ0) is 17.7. The number of rotatable bonds is 6. The second-order valence-electron chi connectivity index (χ2n) is 5.33. The van der Waals surface area contributed by atoms with Gasteiger partial charge in [-0.3, -0.25) is 9.71 Å². The van der Waals surface area contributed by atoms with Crippen LogP contribution in [0.5, 0.6) is 11.5 Å². The van der Waals surface area contributed by atoms with Crippen molar-refractivity contribution in [3.63, 3.8) is 0 Å². The Kier molecular flexibility index (Phi) is 5.40. The first-order valence-corrected chi connectivity index (χ1v) is 9.04. The van der Waals surface area contributed by atoms with Crippen molar-refractivity contribution >= 4 is 21.7 Å². The number of esters is 1. The fourth-order valence-electron chi connectivity index (χ4n) is 1.84. The first kappa shape index (κ1) is 17.7. The summed E-state index contributed by atoms with van der Waals surface area (Å²) in [5.74, 6) is 0.135. The molecule has 1 aromatic heterocycles. The summed E-state index contributed by atoms with van der Waals surface area (Å²) in [6, 6.07) is 7.74. The number of anilines is 1. The molecule has 8 heteroatoms. The summed E-state index contributed by atoms with van der Waals surface area (Å²) in [5, 5.41) is 0. The van der Waals surface area contributed by atoms with Crippen molar-refractivity contribution in [2.75, 3.05) is 11.0 Å². The molecule has 0 amide bonds. The van der Waals surface area contributed by atoms with Gasteiger partial charge in [-0.05, 0) is 44.2 Å². The molecule has 128 valence electrons. The Labute approximate surface area is 140 Å². The molecule has 0 saturated carbocycles. The molecule has 0 aliphatic heterocycles. The van der Waals surface area contributed by atoms with Gasteiger partial charge in [0.2, 0.25) is 10.0 Å². The topological polar surface area (TPSA) is 94.6 Å². The highest BCUT2D eigenvalue weighted by Crippen LogP contribution is 2.31. The Hall–Kier alpha value is -2.61. The van der Waals surface area contributed by atoms with Crippen molar-refractivity contribution in [3.05, 3.63) is 48.3 Å². The van der Waals surface area contributed by atoms with E-state index >= 15 is 0 Å². The lowest BCUT2D eigenvalue weighted by atomic mass is 10.2. The third kappa shape index (κ3) is 5.24. The van der Waals surface area contributed by atoms with Gasteiger partial charge in [0.05, 0.1) is 29.8 Å². The number of carbonyl (C=O) groups excluding carboxylic acids is 1. The molecule has 0 spiro atoms. The minimum Gasteiger partial charge on any atom is -0.459 e. The van der Waals surface area contributed by atoms with Crippen LogP contribution in [0.3, 0.4) is 0 Å². The molecule has 2 aromatic rings. The van der Waals surface area contributed by atoms with Crippen LogP contribution >= 0.6 is 0 Å². The molecule has 0 aliphatic rings. The van der Waals surface area contributed by atoms with Gasteiger partial charge in [-0.1, -0.05) is 0 Å². The summed E-state index contributed by atoms with van der Waals surface area (Å²) in [6.45, 7) is 3.46. The zero-order valence-electron chi connectivity index (χ0n) is 13.5. The monoisotopic (exact) mass is 350 g/mol. The van der Waals surface area contributed by atoms with E-state index < -0.39 is 16.0 Å². The molecule has 0 unspecified atom stereocenters. The summed E-state index contributed by atoms with van der Waals surface area (Å²) in [5.41, 5.74) is 0.355. The summed E-state index contributed by atoms with van der Waals surface area (Å²) >= 11 is 0. The van der Waals surface area contributed by atoms with Crippen molar-refractivity contribution in [2.24, 2.45) is 0 Å². The van der Waals surface area contributed by atoms with Gasteiger partial charge in [-0.2, -0.15) is 0 Å². The van der Waals surface area contributed by atoms with E-state index in [1.54, 1.807) is 32.2 Å². The molecule has 0 bridgehead atoms. The van der Waals surface area contributed by atoms with Gasteiger partial charge in [0.25, 0.3) is 0 Å².